The van der Waals surface area contributed by atoms with Crippen LogP contribution in [0, 0.1) is 6.92 Å². The molecule has 0 saturated heterocycles. The van der Waals surface area contributed by atoms with Gasteiger partial charge in [0.25, 0.3) is 0 Å². The smallest absolute Gasteiger partial charge is 0.170 e. The van der Waals surface area contributed by atoms with Crippen LogP contribution in [0.5, 0.6) is 5.75 Å². The minimum absolute atomic E-state index is 0.0519. The molecular weight excluding hydrogens is 336 g/mol. The number of aromatic nitrogens is 2. The van der Waals surface area contributed by atoms with E-state index >= 15 is 0 Å². The third-order valence-electron chi connectivity index (χ3n) is 3.07. The van der Waals surface area contributed by atoms with Gasteiger partial charge in [-0.25, -0.2) is 0 Å². The summed E-state index contributed by atoms with van der Waals surface area (Å²) < 4.78 is 8.63. The fraction of sp³-hybridized carbons (Fsp3) is 0.286. The van der Waals surface area contributed by atoms with Crippen LogP contribution in [0.1, 0.15) is 23.9 Å². The predicted molar refractivity (Wildman–Crippen MR) is 83.6 cm³/mol. The predicted octanol–water partition coefficient (Wildman–Crippen LogP) is 2.65. The Morgan fingerprint density at radius 2 is 2.29 bits per heavy atom. The summed E-state index contributed by atoms with van der Waals surface area (Å²) in [7, 11) is 0. The second kappa shape index (κ2) is 6.62. The van der Waals surface area contributed by atoms with E-state index in [2.05, 4.69) is 26.2 Å². The van der Waals surface area contributed by atoms with Crippen LogP contribution in [0.15, 0.2) is 33.9 Å². The molecule has 0 amide bonds. The molecule has 1 aromatic carbocycles. The minimum atomic E-state index is 0.0519. The number of hydrogen-bond donors (Lipinski definition) is 2. The molecule has 0 saturated carbocycles. The zero-order chi connectivity index (χ0) is 15.4. The van der Waals surface area contributed by atoms with Crippen molar-refractivity contribution in [3.8, 4) is 5.75 Å². The lowest BCUT2D eigenvalue weighted by Gasteiger charge is -2.09. The third-order valence-corrected chi connectivity index (χ3v) is 4.10. The molecule has 0 unspecified atom stereocenters. The Labute approximate surface area is 131 Å². The molecule has 2 aromatic rings. The molecule has 0 spiro atoms. The number of halogens is 1. The molecular formula is C14H17BrN4O2. The van der Waals surface area contributed by atoms with Crippen LogP contribution in [-0.4, -0.2) is 20.8 Å². The average Bonchev–Trinajstić information content (AvgIpc) is 2.79. The quantitative estimate of drug-likeness (QED) is 0.375. The fourth-order valence-corrected chi connectivity index (χ4v) is 2.36. The van der Waals surface area contributed by atoms with Crippen molar-refractivity contribution in [2.24, 2.45) is 10.9 Å². The molecule has 21 heavy (non-hydrogen) atoms. The number of benzene rings is 1. The number of nitrogens with zero attached hydrogens (tertiary/aromatic N) is 3. The highest BCUT2D eigenvalue weighted by molar-refractivity contribution is 9.10. The summed E-state index contributed by atoms with van der Waals surface area (Å²) in [6.07, 6.45) is 0. The Hall–Kier alpha value is -2.02. The summed E-state index contributed by atoms with van der Waals surface area (Å²) >= 11 is 3.53. The molecule has 0 fully saturated rings. The van der Waals surface area contributed by atoms with E-state index in [1.807, 2.05) is 24.6 Å². The zero-order valence-electron chi connectivity index (χ0n) is 11.9. The number of nitrogens with two attached hydrogens (primary N) is 1. The summed E-state index contributed by atoms with van der Waals surface area (Å²) in [5.41, 5.74) is 8.08. The first-order chi connectivity index (χ1) is 10.1. The van der Waals surface area contributed by atoms with Crippen molar-refractivity contribution in [2.75, 3.05) is 0 Å². The van der Waals surface area contributed by atoms with Crippen LogP contribution in [0.25, 0.3) is 0 Å². The zero-order valence-corrected chi connectivity index (χ0v) is 13.5. The molecule has 7 heteroatoms. The molecule has 0 aliphatic heterocycles. The average molecular weight is 353 g/mol. The van der Waals surface area contributed by atoms with Gasteiger partial charge in [0.05, 0.1) is 15.9 Å². The summed E-state index contributed by atoms with van der Waals surface area (Å²) in [6.45, 7) is 5.13. The van der Waals surface area contributed by atoms with Crippen molar-refractivity contribution in [1.82, 2.24) is 9.78 Å². The highest BCUT2D eigenvalue weighted by Crippen LogP contribution is 2.23. The second-order valence-corrected chi connectivity index (χ2v) is 5.26. The molecule has 112 valence electrons. The summed E-state index contributed by atoms with van der Waals surface area (Å²) in [5.74, 6) is 0.698. The normalized spacial score (nSPS) is 11.7. The molecule has 6 nitrogen and oxygen atoms in total. The number of hydrogen-bond acceptors (Lipinski definition) is 4. The Balaban J connectivity index is 2.17. The first-order valence-electron chi connectivity index (χ1n) is 6.49. The van der Waals surface area contributed by atoms with Crippen molar-refractivity contribution < 1.29 is 9.94 Å². The Bertz CT molecular complexity index is 667. The summed E-state index contributed by atoms with van der Waals surface area (Å²) in [5, 5.41) is 16.1. The molecule has 1 aromatic heterocycles. The second-order valence-electron chi connectivity index (χ2n) is 4.46. The van der Waals surface area contributed by atoms with E-state index in [4.69, 9.17) is 15.7 Å². The fourth-order valence-electron chi connectivity index (χ4n) is 1.96. The van der Waals surface area contributed by atoms with Crippen molar-refractivity contribution >= 4 is 21.8 Å². The van der Waals surface area contributed by atoms with Gasteiger partial charge in [0.2, 0.25) is 0 Å². The minimum Gasteiger partial charge on any atom is -0.487 e. The standard InChI is InChI=1S/C14H17BrN4O2/c1-3-19-12(13(15)9(2)17-19)8-21-11-6-4-5-10(7-11)14(16)18-20/h4-7,20H,3,8H2,1-2H3,(H2,16,18). The van der Waals surface area contributed by atoms with Gasteiger partial charge < -0.3 is 15.7 Å². The molecule has 0 aliphatic carbocycles. The van der Waals surface area contributed by atoms with E-state index in [0.717, 1.165) is 22.4 Å². The van der Waals surface area contributed by atoms with Crippen molar-refractivity contribution in [2.45, 2.75) is 27.0 Å². The first-order valence-corrected chi connectivity index (χ1v) is 7.28. The molecule has 0 bridgehead atoms. The highest BCUT2D eigenvalue weighted by Gasteiger charge is 2.12. The maximum Gasteiger partial charge on any atom is 0.170 e. The summed E-state index contributed by atoms with van der Waals surface area (Å²) in [4.78, 5) is 0. The largest absolute Gasteiger partial charge is 0.487 e. The van der Waals surface area contributed by atoms with Crippen LogP contribution in [0.2, 0.25) is 0 Å². The molecule has 0 radical (unpaired) electrons. The SMILES string of the molecule is CCn1nc(C)c(Br)c1COc1cccc(C(N)=NO)c1. The lowest BCUT2D eigenvalue weighted by atomic mass is 10.2. The van der Waals surface area contributed by atoms with Crippen LogP contribution in [0.3, 0.4) is 0 Å². The third kappa shape index (κ3) is 3.36. The number of oxime groups is 1. The molecule has 2 rings (SSSR count). The Morgan fingerprint density at radius 3 is 2.95 bits per heavy atom. The molecule has 1 heterocycles. The van der Waals surface area contributed by atoms with E-state index in [-0.39, 0.29) is 5.84 Å². The Morgan fingerprint density at radius 1 is 1.52 bits per heavy atom. The van der Waals surface area contributed by atoms with Crippen molar-refractivity contribution in [3.63, 3.8) is 0 Å². The molecule has 0 atom stereocenters. The van der Waals surface area contributed by atoms with Crippen LogP contribution >= 0.6 is 15.9 Å². The monoisotopic (exact) mass is 352 g/mol. The van der Waals surface area contributed by atoms with Gasteiger partial charge in [-0.1, -0.05) is 17.3 Å². The van der Waals surface area contributed by atoms with E-state index in [1.165, 1.54) is 0 Å². The van der Waals surface area contributed by atoms with Gasteiger partial charge in [-0.2, -0.15) is 5.10 Å². The lowest BCUT2D eigenvalue weighted by molar-refractivity contribution is 0.291. The molecule has 3 N–H and O–H groups in total. The van der Waals surface area contributed by atoms with Crippen molar-refractivity contribution in [1.29, 1.82) is 0 Å². The van der Waals surface area contributed by atoms with Gasteiger partial charge in [-0.05, 0) is 41.9 Å². The number of amidine groups is 1. The van der Waals surface area contributed by atoms with E-state index in [9.17, 15) is 0 Å². The maximum atomic E-state index is 8.70. The topological polar surface area (TPSA) is 85.7 Å². The van der Waals surface area contributed by atoms with E-state index in [0.29, 0.717) is 17.9 Å². The molecule has 0 aliphatic rings. The van der Waals surface area contributed by atoms with Crippen molar-refractivity contribution in [3.05, 3.63) is 45.7 Å². The van der Waals surface area contributed by atoms with E-state index in [1.54, 1.807) is 18.2 Å². The number of aryl methyl sites for hydroxylation is 2. The lowest BCUT2D eigenvalue weighted by Crippen LogP contribution is -2.13. The van der Waals surface area contributed by atoms with Gasteiger partial charge in [0.1, 0.15) is 12.4 Å². The number of rotatable bonds is 5. The number of ether oxygens (including phenoxy) is 1. The maximum absolute atomic E-state index is 8.70. The first kappa shape index (κ1) is 15.4. The van der Waals surface area contributed by atoms with Gasteiger partial charge in [0, 0.05) is 12.1 Å². The van der Waals surface area contributed by atoms with Gasteiger partial charge in [-0.3, -0.25) is 4.68 Å². The van der Waals surface area contributed by atoms with E-state index < -0.39 is 0 Å². The van der Waals surface area contributed by atoms with Gasteiger partial charge >= 0.3 is 0 Å². The van der Waals surface area contributed by atoms with Gasteiger partial charge in [-0.15, -0.1) is 0 Å². The summed E-state index contributed by atoms with van der Waals surface area (Å²) in [6, 6.07) is 7.09. The van der Waals surface area contributed by atoms with Crippen LogP contribution < -0.4 is 10.5 Å². The van der Waals surface area contributed by atoms with Crippen LogP contribution in [-0.2, 0) is 13.2 Å². The Kier molecular flexibility index (Phi) is 4.85. The van der Waals surface area contributed by atoms with Gasteiger partial charge in [0.15, 0.2) is 5.84 Å². The highest BCUT2D eigenvalue weighted by atomic mass is 79.9. The van der Waals surface area contributed by atoms with Crippen LogP contribution in [0.4, 0.5) is 0 Å².